The van der Waals surface area contributed by atoms with E-state index in [1.165, 1.54) is 12.8 Å². The summed E-state index contributed by atoms with van der Waals surface area (Å²) in [5.74, 6) is 0.577. The fourth-order valence-corrected chi connectivity index (χ4v) is 1.68. The molecule has 0 aliphatic rings. The molecule has 0 aliphatic heterocycles. The Bertz CT molecular complexity index is 256. The molecule has 0 bridgehead atoms. The first kappa shape index (κ1) is 11.2. The molecule has 0 aliphatic carbocycles. The molecule has 2 nitrogen and oxygen atoms in total. The number of hydrogen-bond donors (Lipinski definition) is 1. The molecule has 0 aromatic carbocycles. The molecule has 0 radical (unpaired) electrons. The van der Waals surface area contributed by atoms with Crippen LogP contribution in [-0.2, 0) is 6.61 Å². The fourth-order valence-electron chi connectivity index (χ4n) is 1.68. The van der Waals surface area contributed by atoms with Gasteiger partial charge in [-0.25, -0.2) is 0 Å². The molecular weight excluding hydrogens is 174 g/mol. The van der Waals surface area contributed by atoms with Crippen LogP contribution in [-0.4, -0.2) is 10.1 Å². The highest BCUT2D eigenvalue weighted by Crippen LogP contribution is 2.22. The quantitative estimate of drug-likeness (QED) is 0.780. The monoisotopic (exact) mass is 193 g/mol. The Morgan fingerprint density at radius 1 is 1.36 bits per heavy atom. The fraction of sp³-hybridized carbons (Fsp3) is 0.583. The molecule has 14 heavy (non-hydrogen) atoms. The van der Waals surface area contributed by atoms with E-state index < -0.39 is 0 Å². The summed E-state index contributed by atoms with van der Waals surface area (Å²) in [6, 6.07) is 4.00. The third kappa shape index (κ3) is 2.81. The van der Waals surface area contributed by atoms with Crippen molar-refractivity contribution in [2.24, 2.45) is 0 Å². The Balaban J connectivity index is 2.73. The average Bonchev–Trinajstić information content (AvgIpc) is 2.26. The summed E-state index contributed by atoms with van der Waals surface area (Å²) in [7, 11) is 0. The number of pyridine rings is 1. The lowest BCUT2D eigenvalue weighted by molar-refractivity contribution is 0.281. The summed E-state index contributed by atoms with van der Waals surface area (Å²) in [5, 5.41) is 8.89. The van der Waals surface area contributed by atoms with Crippen molar-refractivity contribution in [1.29, 1.82) is 0 Å². The van der Waals surface area contributed by atoms with Gasteiger partial charge in [-0.3, -0.25) is 4.98 Å². The number of rotatable bonds is 5. The van der Waals surface area contributed by atoms with E-state index in [0.29, 0.717) is 5.92 Å². The van der Waals surface area contributed by atoms with Crippen molar-refractivity contribution in [3.8, 4) is 0 Å². The standard InChI is InChI=1S/C12H19NO/c1-3-5-11(4-2)12-7-6-10(9-14)8-13-12/h6-8,11,14H,3-5,9H2,1-2H3. The maximum Gasteiger partial charge on any atom is 0.0696 e. The average molecular weight is 193 g/mol. The van der Waals surface area contributed by atoms with E-state index in [1.807, 2.05) is 12.1 Å². The minimum absolute atomic E-state index is 0.0812. The number of aromatic nitrogens is 1. The van der Waals surface area contributed by atoms with Gasteiger partial charge in [0.05, 0.1) is 6.61 Å². The molecule has 78 valence electrons. The molecule has 2 heteroatoms. The maximum absolute atomic E-state index is 8.89. The van der Waals surface area contributed by atoms with Crippen LogP contribution in [0.2, 0.25) is 0 Å². The van der Waals surface area contributed by atoms with E-state index in [1.54, 1.807) is 6.20 Å². The second-order valence-electron chi connectivity index (χ2n) is 3.64. The van der Waals surface area contributed by atoms with Crippen LogP contribution in [0.25, 0.3) is 0 Å². The lowest BCUT2D eigenvalue weighted by Crippen LogP contribution is -2.00. The smallest absolute Gasteiger partial charge is 0.0696 e. The molecule has 1 aromatic heterocycles. The highest BCUT2D eigenvalue weighted by atomic mass is 16.3. The van der Waals surface area contributed by atoms with Crippen molar-refractivity contribution in [2.75, 3.05) is 0 Å². The molecule has 1 N–H and O–H groups in total. The Labute approximate surface area is 86.0 Å². The SMILES string of the molecule is CCCC(CC)c1ccc(CO)cn1. The summed E-state index contributed by atoms with van der Waals surface area (Å²) in [4.78, 5) is 4.38. The highest BCUT2D eigenvalue weighted by Gasteiger charge is 2.08. The zero-order valence-electron chi connectivity index (χ0n) is 9.03. The molecule has 1 unspecified atom stereocenters. The van der Waals surface area contributed by atoms with Gasteiger partial charge in [0.2, 0.25) is 0 Å². The Kier molecular flexibility index (Phi) is 4.60. The molecule has 1 aromatic rings. The van der Waals surface area contributed by atoms with Crippen LogP contribution in [0.1, 0.15) is 50.3 Å². The maximum atomic E-state index is 8.89. The van der Waals surface area contributed by atoms with Gasteiger partial charge in [0.1, 0.15) is 0 Å². The van der Waals surface area contributed by atoms with Crippen LogP contribution in [0.3, 0.4) is 0 Å². The summed E-state index contributed by atoms with van der Waals surface area (Å²) < 4.78 is 0. The molecule has 1 atom stereocenters. The van der Waals surface area contributed by atoms with Gasteiger partial charge in [0.15, 0.2) is 0 Å². The van der Waals surface area contributed by atoms with Crippen LogP contribution in [0.15, 0.2) is 18.3 Å². The highest BCUT2D eigenvalue weighted by molar-refractivity contribution is 5.16. The molecule has 1 heterocycles. The van der Waals surface area contributed by atoms with Gasteiger partial charge < -0.3 is 5.11 Å². The van der Waals surface area contributed by atoms with Gasteiger partial charge in [-0.05, 0) is 24.5 Å². The Morgan fingerprint density at radius 2 is 2.14 bits per heavy atom. The third-order valence-electron chi connectivity index (χ3n) is 2.58. The molecule has 1 rings (SSSR count). The molecular formula is C12H19NO. The molecule has 0 amide bonds. The van der Waals surface area contributed by atoms with Crippen LogP contribution in [0, 0.1) is 0 Å². The lowest BCUT2D eigenvalue weighted by atomic mass is 9.96. The van der Waals surface area contributed by atoms with Gasteiger partial charge in [-0.15, -0.1) is 0 Å². The van der Waals surface area contributed by atoms with E-state index in [-0.39, 0.29) is 6.61 Å². The van der Waals surface area contributed by atoms with E-state index >= 15 is 0 Å². The van der Waals surface area contributed by atoms with Crippen LogP contribution in [0.5, 0.6) is 0 Å². The number of nitrogens with zero attached hydrogens (tertiary/aromatic N) is 1. The summed E-state index contributed by atoms with van der Waals surface area (Å²) in [6.45, 7) is 4.48. The van der Waals surface area contributed by atoms with Crippen molar-refractivity contribution in [1.82, 2.24) is 4.98 Å². The van der Waals surface area contributed by atoms with Crippen molar-refractivity contribution in [3.63, 3.8) is 0 Å². The van der Waals surface area contributed by atoms with Gasteiger partial charge in [-0.1, -0.05) is 26.3 Å². The first-order valence-electron chi connectivity index (χ1n) is 5.37. The molecule has 0 spiro atoms. The molecule has 0 saturated carbocycles. The Hall–Kier alpha value is -0.890. The normalized spacial score (nSPS) is 12.8. The van der Waals surface area contributed by atoms with Crippen molar-refractivity contribution in [3.05, 3.63) is 29.6 Å². The predicted molar refractivity (Wildman–Crippen MR) is 58.1 cm³/mol. The number of aliphatic hydroxyl groups is 1. The molecule has 0 fully saturated rings. The zero-order valence-corrected chi connectivity index (χ0v) is 9.03. The van der Waals surface area contributed by atoms with Crippen molar-refractivity contribution >= 4 is 0 Å². The minimum Gasteiger partial charge on any atom is -0.392 e. The van der Waals surface area contributed by atoms with E-state index in [0.717, 1.165) is 17.7 Å². The second-order valence-corrected chi connectivity index (χ2v) is 3.64. The first-order chi connectivity index (χ1) is 6.81. The number of hydrogen-bond acceptors (Lipinski definition) is 2. The van der Waals surface area contributed by atoms with Crippen molar-refractivity contribution < 1.29 is 5.11 Å². The van der Waals surface area contributed by atoms with Gasteiger partial charge in [0, 0.05) is 17.8 Å². The first-order valence-corrected chi connectivity index (χ1v) is 5.37. The van der Waals surface area contributed by atoms with Gasteiger partial charge in [0.25, 0.3) is 0 Å². The third-order valence-corrected chi connectivity index (χ3v) is 2.58. The van der Waals surface area contributed by atoms with Crippen LogP contribution in [0.4, 0.5) is 0 Å². The van der Waals surface area contributed by atoms with Crippen molar-refractivity contribution in [2.45, 2.75) is 45.6 Å². The van der Waals surface area contributed by atoms with Gasteiger partial charge >= 0.3 is 0 Å². The summed E-state index contributed by atoms with van der Waals surface area (Å²) >= 11 is 0. The Morgan fingerprint density at radius 3 is 2.57 bits per heavy atom. The van der Waals surface area contributed by atoms with Crippen LogP contribution >= 0.6 is 0 Å². The van der Waals surface area contributed by atoms with E-state index in [2.05, 4.69) is 18.8 Å². The minimum atomic E-state index is 0.0812. The van der Waals surface area contributed by atoms with Crippen LogP contribution < -0.4 is 0 Å². The number of aliphatic hydroxyl groups excluding tert-OH is 1. The van der Waals surface area contributed by atoms with E-state index in [9.17, 15) is 0 Å². The van der Waals surface area contributed by atoms with Gasteiger partial charge in [-0.2, -0.15) is 0 Å². The summed E-state index contributed by atoms with van der Waals surface area (Å²) in [6.07, 6.45) is 5.30. The zero-order chi connectivity index (χ0) is 10.4. The second kappa shape index (κ2) is 5.76. The predicted octanol–water partition coefficient (Wildman–Crippen LogP) is 2.87. The lowest BCUT2D eigenvalue weighted by Gasteiger charge is -2.12. The van der Waals surface area contributed by atoms with E-state index in [4.69, 9.17) is 5.11 Å². The largest absolute Gasteiger partial charge is 0.392 e. The summed E-state index contributed by atoms with van der Waals surface area (Å²) in [5.41, 5.74) is 2.05. The molecule has 0 saturated heterocycles. The topological polar surface area (TPSA) is 33.1 Å².